The summed E-state index contributed by atoms with van der Waals surface area (Å²) >= 11 is 0. The van der Waals surface area contributed by atoms with Crippen LogP contribution in [-0.2, 0) is 0 Å². The molecule has 0 unspecified atom stereocenters. The van der Waals surface area contributed by atoms with Gasteiger partial charge in [-0.05, 0) is 56.2 Å². The second-order valence-corrected chi connectivity index (χ2v) is 6.60. The molecule has 1 fully saturated rings. The largest absolute Gasteiger partial charge is 0.492 e. The highest BCUT2D eigenvalue weighted by Crippen LogP contribution is 2.24. The Morgan fingerprint density at radius 1 is 1.11 bits per heavy atom. The number of carbonyl (C=O) groups is 2. The smallest absolute Gasteiger partial charge is 0.321 e. The molecule has 1 heterocycles. The van der Waals surface area contributed by atoms with Crippen molar-refractivity contribution in [1.82, 2.24) is 10.2 Å². The summed E-state index contributed by atoms with van der Waals surface area (Å²) in [6, 6.07) is 12.6. The highest BCUT2D eigenvalue weighted by atomic mass is 19.1. The fourth-order valence-electron chi connectivity index (χ4n) is 3.14. The van der Waals surface area contributed by atoms with Gasteiger partial charge in [-0.2, -0.15) is 0 Å². The topological polar surface area (TPSA) is 70.7 Å². The molecule has 2 aromatic carbocycles. The van der Waals surface area contributed by atoms with E-state index in [-0.39, 0.29) is 23.8 Å². The molecule has 2 N–H and O–H groups in total. The number of urea groups is 1. The normalized spacial score (nSPS) is 14.4. The Balaban J connectivity index is 1.50. The molecule has 1 saturated heterocycles. The van der Waals surface area contributed by atoms with Gasteiger partial charge in [0.2, 0.25) is 0 Å². The minimum Gasteiger partial charge on any atom is -0.492 e. The average molecular weight is 385 g/mol. The van der Waals surface area contributed by atoms with Gasteiger partial charge in [0.05, 0.1) is 12.3 Å². The maximum absolute atomic E-state index is 13.0. The zero-order valence-electron chi connectivity index (χ0n) is 15.8. The van der Waals surface area contributed by atoms with E-state index in [1.54, 1.807) is 11.0 Å². The number of benzene rings is 2. The number of anilines is 1. The summed E-state index contributed by atoms with van der Waals surface area (Å²) in [4.78, 5) is 26.5. The molecule has 1 aliphatic rings. The standard InChI is InChI=1S/C21H24FN3O3/c1-2-28-19-6-4-3-5-18(19)24-21(27)25-13-11-17(12-14-25)23-20(26)15-7-9-16(22)10-8-15/h3-10,17H,2,11-14H2,1H3,(H,23,26)(H,24,27). The number of ether oxygens (including phenoxy) is 1. The lowest BCUT2D eigenvalue weighted by atomic mass is 10.0. The molecule has 6 nitrogen and oxygen atoms in total. The zero-order valence-corrected chi connectivity index (χ0v) is 15.8. The molecule has 148 valence electrons. The van der Waals surface area contributed by atoms with E-state index in [9.17, 15) is 14.0 Å². The van der Waals surface area contributed by atoms with Crippen LogP contribution in [0.25, 0.3) is 0 Å². The molecule has 0 saturated carbocycles. The van der Waals surface area contributed by atoms with Gasteiger partial charge in [0.25, 0.3) is 5.91 Å². The quantitative estimate of drug-likeness (QED) is 0.825. The summed E-state index contributed by atoms with van der Waals surface area (Å²) in [5.74, 6) is 0.0371. The molecule has 28 heavy (non-hydrogen) atoms. The first kappa shape index (κ1) is 19.7. The van der Waals surface area contributed by atoms with Crippen LogP contribution in [0.1, 0.15) is 30.1 Å². The number of likely N-dealkylation sites (tertiary alicyclic amines) is 1. The molecule has 3 amide bonds. The van der Waals surface area contributed by atoms with E-state index in [0.717, 1.165) is 0 Å². The maximum atomic E-state index is 13.0. The highest BCUT2D eigenvalue weighted by molar-refractivity contribution is 5.94. The predicted molar refractivity (Wildman–Crippen MR) is 105 cm³/mol. The fraction of sp³-hybridized carbons (Fsp3) is 0.333. The molecule has 0 spiro atoms. The van der Waals surface area contributed by atoms with Crippen molar-refractivity contribution in [1.29, 1.82) is 0 Å². The van der Waals surface area contributed by atoms with Crippen molar-refractivity contribution in [2.24, 2.45) is 0 Å². The molecule has 0 bridgehead atoms. The molecule has 0 radical (unpaired) electrons. The summed E-state index contributed by atoms with van der Waals surface area (Å²) in [5.41, 5.74) is 1.06. The Morgan fingerprint density at radius 2 is 1.79 bits per heavy atom. The third kappa shape index (κ3) is 5.00. The lowest BCUT2D eigenvalue weighted by molar-refractivity contribution is 0.0919. The third-order valence-corrected chi connectivity index (χ3v) is 4.65. The van der Waals surface area contributed by atoms with Crippen molar-refractivity contribution in [2.45, 2.75) is 25.8 Å². The van der Waals surface area contributed by atoms with Crippen LogP contribution in [0, 0.1) is 5.82 Å². The molecular weight excluding hydrogens is 361 g/mol. The first-order valence-electron chi connectivity index (χ1n) is 9.41. The van der Waals surface area contributed by atoms with Crippen molar-refractivity contribution in [3.05, 3.63) is 59.9 Å². The zero-order chi connectivity index (χ0) is 19.9. The Morgan fingerprint density at radius 3 is 2.46 bits per heavy atom. The van der Waals surface area contributed by atoms with Crippen molar-refractivity contribution < 1.29 is 18.7 Å². The van der Waals surface area contributed by atoms with Gasteiger partial charge >= 0.3 is 6.03 Å². The van der Waals surface area contributed by atoms with Crippen molar-refractivity contribution in [3.63, 3.8) is 0 Å². The van der Waals surface area contributed by atoms with Crippen molar-refractivity contribution >= 4 is 17.6 Å². The van der Waals surface area contributed by atoms with Crippen molar-refractivity contribution in [3.8, 4) is 5.75 Å². The molecule has 0 aliphatic carbocycles. The minimum absolute atomic E-state index is 0.0164. The number of rotatable bonds is 5. The molecule has 0 aromatic heterocycles. The Bertz CT molecular complexity index is 818. The fourth-order valence-corrected chi connectivity index (χ4v) is 3.14. The van der Waals surface area contributed by atoms with Gasteiger partial charge in [0.1, 0.15) is 11.6 Å². The molecule has 7 heteroatoms. The van der Waals surface area contributed by atoms with E-state index in [4.69, 9.17) is 4.74 Å². The molecule has 2 aromatic rings. The number of para-hydroxylation sites is 2. The first-order valence-corrected chi connectivity index (χ1v) is 9.41. The number of nitrogens with one attached hydrogen (secondary N) is 2. The third-order valence-electron chi connectivity index (χ3n) is 4.65. The highest BCUT2D eigenvalue weighted by Gasteiger charge is 2.24. The van der Waals surface area contributed by atoms with E-state index < -0.39 is 0 Å². The van der Waals surface area contributed by atoms with E-state index in [1.807, 2.05) is 25.1 Å². The molecule has 0 atom stereocenters. The number of amides is 3. The van der Waals surface area contributed by atoms with Crippen LogP contribution >= 0.6 is 0 Å². The van der Waals surface area contributed by atoms with Crippen molar-refractivity contribution in [2.75, 3.05) is 25.0 Å². The maximum Gasteiger partial charge on any atom is 0.321 e. The average Bonchev–Trinajstić information content (AvgIpc) is 2.70. The van der Waals surface area contributed by atoms with E-state index in [2.05, 4.69) is 10.6 Å². The van der Waals surface area contributed by atoms with Crippen LogP contribution in [0.3, 0.4) is 0 Å². The second-order valence-electron chi connectivity index (χ2n) is 6.60. The van der Waals surface area contributed by atoms with Crippen LogP contribution < -0.4 is 15.4 Å². The number of halogens is 1. The number of hydrogen-bond donors (Lipinski definition) is 2. The second kappa shape index (κ2) is 9.21. The summed E-state index contributed by atoms with van der Waals surface area (Å²) in [7, 11) is 0. The van der Waals surface area contributed by atoms with Gasteiger partial charge in [-0.15, -0.1) is 0 Å². The van der Waals surface area contributed by atoms with Gasteiger partial charge in [-0.25, -0.2) is 9.18 Å². The molecule has 1 aliphatic heterocycles. The lowest BCUT2D eigenvalue weighted by Gasteiger charge is -2.32. The Kier molecular flexibility index (Phi) is 6.47. The SMILES string of the molecule is CCOc1ccccc1NC(=O)N1CCC(NC(=O)c2ccc(F)cc2)CC1. The lowest BCUT2D eigenvalue weighted by Crippen LogP contribution is -2.47. The van der Waals surface area contributed by atoms with Gasteiger partial charge in [-0.3, -0.25) is 4.79 Å². The van der Waals surface area contributed by atoms with Crippen LogP contribution in [0.15, 0.2) is 48.5 Å². The van der Waals surface area contributed by atoms with Gasteiger partial charge < -0.3 is 20.3 Å². The summed E-state index contributed by atoms with van der Waals surface area (Å²) < 4.78 is 18.5. The van der Waals surface area contributed by atoms with Crippen LogP contribution in [0.2, 0.25) is 0 Å². The van der Waals surface area contributed by atoms with Crippen LogP contribution in [0.5, 0.6) is 5.75 Å². The number of hydrogen-bond acceptors (Lipinski definition) is 3. The monoisotopic (exact) mass is 385 g/mol. The minimum atomic E-state index is -0.373. The molecule has 3 rings (SSSR count). The first-order chi connectivity index (χ1) is 13.6. The summed E-state index contributed by atoms with van der Waals surface area (Å²) in [6.45, 7) is 3.49. The predicted octanol–water partition coefficient (Wildman–Crippen LogP) is 3.65. The van der Waals surface area contributed by atoms with E-state index in [1.165, 1.54) is 24.3 Å². The number of nitrogens with zero attached hydrogens (tertiary/aromatic N) is 1. The van der Waals surface area contributed by atoms with E-state index in [0.29, 0.717) is 49.5 Å². The van der Waals surface area contributed by atoms with Crippen LogP contribution in [0.4, 0.5) is 14.9 Å². The van der Waals surface area contributed by atoms with Gasteiger partial charge in [0.15, 0.2) is 0 Å². The summed E-state index contributed by atoms with van der Waals surface area (Å²) in [6.07, 6.45) is 1.32. The van der Waals surface area contributed by atoms with Gasteiger partial charge in [-0.1, -0.05) is 12.1 Å². The van der Waals surface area contributed by atoms with Crippen LogP contribution in [-0.4, -0.2) is 42.6 Å². The summed E-state index contributed by atoms with van der Waals surface area (Å²) in [5, 5.41) is 5.84. The van der Waals surface area contributed by atoms with Gasteiger partial charge in [0, 0.05) is 24.7 Å². The van der Waals surface area contributed by atoms with E-state index >= 15 is 0 Å². The Labute approximate surface area is 163 Å². The molecular formula is C21H24FN3O3. The number of piperidine rings is 1. The Hall–Kier alpha value is -3.09. The number of carbonyl (C=O) groups excluding carboxylic acids is 2.